The lowest BCUT2D eigenvalue weighted by molar-refractivity contribution is -0.136. The van der Waals surface area contributed by atoms with Crippen LogP contribution in [0.5, 0.6) is 0 Å². The maximum atomic E-state index is 12.2. The van der Waals surface area contributed by atoms with E-state index in [-0.39, 0.29) is 17.9 Å². The van der Waals surface area contributed by atoms with E-state index in [1.54, 1.807) is 12.4 Å². The predicted molar refractivity (Wildman–Crippen MR) is 87.3 cm³/mol. The molecule has 0 spiro atoms. The van der Waals surface area contributed by atoms with Gasteiger partial charge in [0.2, 0.25) is 0 Å². The monoisotopic (exact) mass is 312 g/mol. The van der Waals surface area contributed by atoms with Crippen LogP contribution in [0.15, 0.2) is 65.5 Å². The highest BCUT2D eigenvalue weighted by atomic mass is 32.1. The molecule has 3 rings (SSSR count). The highest BCUT2D eigenvalue weighted by Crippen LogP contribution is 2.44. The normalized spacial score (nSPS) is 20.6. The van der Waals surface area contributed by atoms with Gasteiger partial charge in [0, 0.05) is 18.3 Å². The van der Waals surface area contributed by atoms with Crippen LogP contribution in [0.25, 0.3) is 0 Å². The maximum absolute atomic E-state index is 12.2. The van der Waals surface area contributed by atoms with Crippen LogP contribution in [0.3, 0.4) is 0 Å². The molecule has 0 amide bonds. The van der Waals surface area contributed by atoms with Crippen LogP contribution in [-0.2, 0) is 9.53 Å². The third kappa shape index (κ3) is 2.60. The lowest BCUT2D eigenvalue weighted by Gasteiger charge is -2.22. The summed E-state index contributed by atoms with van der Waals surface area (Å²) in [5, 5.41) is 3.86. The van der Waals surface area contributed by atoms with Crippen molar-refractivity contribution in [2.75, 3.05) is 7.11 Å². The molecule has 1 aromatic heterocycles. The van der Waals surface area contributed by atoms with Crippen LogP contribution in [0, 0.1) is 0 Å². The number of rotatable bonds is 3. The molecule has 112 valence electrons. The quantitative estimate of drug-likeness (QED) is 0.676. The Hall–Kier alpha value is -2.27. The number of benzene rings is 1. The number of methoxy groups -OCH3 is 1. The van der Waals surface area contributed by atoms with Gasteiger partial charge < -0.3 is 10.1 Å². The zero-order chi connectivity index (χ0) is 15.5. The summed E-state index contributed by atoms with van der Waals surface area (Å²) in [6.45, 7) is 0. The molecule has 2 heterocycles. The Kier molecular flexibility index (Phi) is 4.15. The zero-order valence-electron chi connectivity index (χ0n) is 12.1. The first kappa shape index (κ1) is 14.7. The first-order valence-electron chi connectivity index (χ1n) is 6.95. The fourth-order valence-corrected chi connectivity index (χ4v) is 3.19. The van der Waals surface area contributed by atoms with Crippen LogP contribution in [0.1, 0.15) is 23.1 Å². The van der Waals surface area contributed by atoms with Crippen LogP contribution < -0.4 is 5.32 Å². The second-order valence-electron chi connectivity index (χ2n) is 5.04. The average Bonchev–Trinajstić information content (AvgIpc) is 2.93. The first-order valence-corrected chi connectivity index (χ1v) is 7.40. The van der Waals surface area contributed by atoms with Crippen molar-refractivity contribution in [2.24, 2.45) is 0 Å². The highest BCUT2D eigenvalue weighted by Gasteiger charge is 2.39. The van der Waals surface area contributed by atoms with Gasteiger partial charge in [-0.2, -0.15) is 0 Å². The molecule has 22 heavy (non-hydrogen) atoms. The van der Waals surface area contributed by atoms with E-state index in [1.807, 2.05) is 42.5 Å². The minimum absolute atomic E-state index is 0.0646. The van der Waals surface area contributed by atoms with Crippen molar-refractivity contribution in [1.29, 1.82) is 0 Å². The number of hydrogen-bond acceptors (Lipinski definition) is 5. The number of ether oxygens (including phenoxy) is 1. The number of carbonyl (C=O) groups is 1. The van der Waals surface area contributed by atoms with Crippen molar-refractivity contribution in [3.8, 4) is 0 Å². The fourth-order valence-electron chi connectivity index (χ4n) is 2.82. The summed E-state index contributed by atoms with van der Waals surface area (Å²) in [5.74, 6) is -0.525. The molecule has 0 fully saturated rings. The predicted octanol–water partition coefficient (Wildman–Crippen LogP) is 2.82. The van der Waals surface area contributed by atoms with Crippen molar-refractivity contribution < 1.29 is 9.53 Å². The molecule has 1 aromatic carbocycles. The van der Waals surface area contributed by atoms with Gasteiger partial charge in [-0.05, 0) is 23.3 Å². The van der Waals surface area contributed by atoms with Gasteiger partial charge in [0.15, 0.2) is 0 Å². The molecular formula is C17H16N2O2S. The number of pyridine rings is 1. The van der Waals surface area contributed by atoms with E-state index in [4.69, 9.17) is 4.74 Å². The SMILES string of the molecule is COC(=O)C1=C(S)NC(c2ccccc2)C1c1ccncc1. The molecule has 2 unspecified atom stereocenters. The van der Waals surface area contributed by atoms with E-state index in [9.17, 15) is 4.79 Å². The van der Waals surface area contributed by atoms with E-state index in [2.05, 4.69) is 22.9 Å². The van der Waals surface area contributed by atoms with E-state index in [0.29, 0.717) is 10.6 Å². The van der Waals surface area contributed by atoms with Crippen molar-refractivity contribution in [1.82, 2.24) is 10.3 Å². The van der Waals surface area contributed by atoms with Gasteiger partial charge in [0.05, 0.1) is 23.8 Å². The van der Waals surface area contributed by atoms with Gasteiger partial charge in [-0.25, -0.2) is 4.79 Å². The number of nitrogens with zero attached hydrogens (tertiary/aromatic N) is 1. The molecule has 0 bridgehead atoms. The Morgan fingerprint density at radius 3 is 2.45 bits per heavy atom. The van der Waals surface area contributed by atoms with Crippen LogP contribution in [0.2, 0.25) is 0 Å². The number of hydrogen-bond donors (Lipinski definition) is 2. The Morgan fingerprint density at radius 2 is 1.82 bits per heavy atom. The summed E-state index contributed by atoms with van der Waals surface area (Å²) in [5.41, 5.74) is 2.64. The molecule has 1 aliphatic heterocycles. The third-order valence-electron chi connectivity index (χ3n) is 3.82. The van der Waals surface area contributed by atoms with E-state index >= 15 is 0 Å². The summed E-state index contributed by atoms with van der Waals surface area (Å²) in [6, 6.07) is 13.8. The minimum Gasteiger partial charge on any atom is -0.466 e. The van der Waals surface area contributed by atoms with E-state index < -0.39 is 0 Å². The van der Waals surface area contributed by atoms with Crippen LogP contribution in [0.4, 0.5) is 0 Å². The van der Waals surface area contributed by atoms with Crippen LogP contribution >= 0.6 is 12.6 Å². The number of esters is 1. The second kappa shape index (κ2) is 6.23. The molecule has 2 atom stereocenters. The molecule has 0 aliphatic carbocycles. The van der Waals surface area contributed by atoms with E-state index in [1.165, 1.54) is 7.11 Å². The molecule has 2 aromatic rings. The third-order valence-corrected chi connectivity index (χ3v) is 4.19. The molecule has 1 aliphatic rings. The van der Waals surface area contributed by atoms with Gasteiger partial charge >= 0.3 is 5.97 Å². The first-order chi connectivity index (χ1) is 10.7. The van der Waals surface area contributed by atoms with Crippen LogP contribution in [-0.4, -0.2) is 18.1 Å². The molecule has 0 radical (unpaired) electrons. The van der Waals surface area contributed by atoms with E-state index in [0.717, 1.165) is 11.1 Å². The Balaban J connectivity index is 2.08. The lowest BCUT2D eigenvalue weighted by atomic mass is 9.84. The smallest absolute Gasteiger partial charge is 0.337 e. The summed E-state index contributed by atoms with van der Waals surface area (Å²) < 4.78 is 4.94. The van der Waals surface area contributed by atoms with Gasteiger partial charge in [-0.15, -0.1) is 12.6 Å². The number of thiol groups is 1. The lowest BCUT2D eigenvalue weighted by Crippen LogP contribution is -2.20. The van der Waals surface area contributed by atoms with Crippen molar-refractivity contribution in [2.45, 2.75) is 12.0 Å². The molecule has 0 saturated heterocycles. The Labute approximate surface area is 134 Å². The number of nitrogens with one attached hydrogen (secondary N) is 1. The zero-order valence-corrected chi connectivity index (χ0v) is 13.0. The molecular weight excluding hydrogens is 296 g/mol. The minimum atomic E-state index is -0.363. The summed E-state index contributed by atoms with van der Waals surface area (Å²) in [4.78, 5) is 16.3. The maximum Gasteiger partial charge on any atom is 0.337 e. The van der Waals surface area contributed by atoms with Gasteiger partial charge in [-0.1, -0.05) is 30.3 Å². The van der Waals surface area contributed by atoms with Crippen molar-refractivity contribution >= 4 is 18.6 Å². The summed E-state index contributed by atoms with van der Waals surface area (Å²) in [7, 11) is 1.38. The molecule has 1 N–H and O–H groups in total. The highest BCUT2D eigenvalue weighted by molar-refractivity contribution is 7.84. The standard InChI is InChI=1S/C17H16N2O2S/c1-21-17(20)14-13(11-7-9-18-10-8-11)15(19-16(14)22)12-5-3-2-4-6-12/h2-10,13,15,19,22H,1H3. The van der Waals surface area contributed by atoms with Crippen molar-refractivity contribution in [3.63, 3.8) is 0 Å². The molecule has 4 nitrogen and oxygen atoms in total. The average molecular weight is 312 g/mol. The van der Waals surface area contributed by atoms with Gasteiger partial charge in [0.25, 0.3) is 0 Å². The Bertz CT molecular complexity index is 701. The molecule has 5 heteroatoms. The largest absolute Gasteiger partial charge is 0.466 e. The number of carbonyl (C=O) groups excluding carboxylic acids is 1. The second-order valence-corrected chi connectivity index (χ2v) is 5.49. The Morgan fingerprint density at radius 1 is 1.14 bits per heavy atom. The number of aromatic nitrogens is 1. The van der Waals surface area contributed by atoms with Crippen molar-refractivity contribution in [3.05, 3.63) is 76.6 Å². The molecule has 0 saturated carbocycles. The fraction of sp³-hybridized carbons (Fsp3) is 0.176. The van der Waals surface area contributed by atoms with Gasteiger partial charge in [0.1, 0.15) is 0 Å². The summed E-state index contributed by atoms with van der Waals surface area (Å²) in [6.07, 6.45) is 3.45. The topological polar surface area (TPSA) is 51.2 Å². The summed E-state index contributed by atoms with van der Waals surface area (Å²) >= 11 is 4.45. The van der Waals surface area contributed by atoms with Gasteiger partial charge in [-0.3, -0.25) is 4.98 Å².